The molecular formula is C61H40N2. The summed E-state index contributed by atoms with van der Waals surface area (Å²) in [6.45, 7) is 0. The molecule has 0 unspecified atom stereocenters. The van der Waals surface area contributed by atoms with Gasteiger partial charge in [0, 0.05) is 27.8 Å². The molecule has 294 valence electrons. The molecule has 63 heavy (non-hydrogen) atoms. The molecule has 1 spiro atoms. The second-order valence-corrected chi connectivity index (χ2v) is 16.8. The van der Waals surface area contributed by atoms with E-state index in [1.807, 2.05) is 0 Å². The van der Waals surface area contributed by atoms with Gasteiger partial charge in [0.2, 0.25) is 0 Å². The SMILES string of the molecule is c1ccc(-c2ccccc2-c2ccc(N(c3ccccc3)c3cccc(-c4ccc5c(c4)-n4c6ccccc6c6cccc(c64)C54c5ccccc5-c5ccccc54)c3)cc2)cc1. The molecule has 0 radical (unpaired) electrons. The second-order valence-electron chi connectivity index (χ2n) is 16.8. The lowest BCUT2D eigenvalue weighted by atomic mass is 9.65. The number of anilines is 3. The molecule has 0 fully saturated rings. The summed E-state index contributed by atoms with van der Waals surface area (Å²) < 4.78 is 2.55. The molecule has 0 bridgehead atoms. The summed E-state index contributed by atoms with van der Waals surface area (Å²) in [5.41, 5.74) is 21.7. The highest BCUT2D eigenvalue weighted by molar-refractivity contribution is 6.13. The molecule has 1 aliphatic heterocycles. The predicted octanol–water partition coefficient (Wildman–Crippen LogP) is 15.9. The van der Waals surface area contributed by atoms with Gasteiger partial charge in [0.1, 0.15) is 0 Å². The third kappa shape index (κ3) is 5.19. The Hall–Kier alpha value is -8.20. The largest absolute Gasteiger partial charge is 0.310 e. The number of hydrogen-bond acceptors (Lipinski definition) is 1. The zero-order valence-corrected chi connectivity index (χ0v) is 34.5. The number of rotatable bonds is 6. The highest BCUT2D eigenvalue weighted by Crippen LogP contribution is 2.61. The number of para-hydroxylation sites is 3. The zero-order chi connectivity index (χ0) is 41.5. The lowest BCUT2D eigenvalue weighted by Gasteiger charge is -2.39. The molecule has 2 heteroatoms. The van der Waals surface area contributed by atoms with Crippen LogP contribution in [0.5, 0.6) is 0 Å². The summed E-state index contributed by atoms with van der Waals surface area (Å²) in [5, 5.41) is 2.56. The van der Waals surface area contributed by atoms with Crippen LogP contribution in [0.25, 0.3) is 72.0 Å². The van der Waals surface area contributed by atoms with Crippen molar-refractivity contribution in [1.82, 2.24) is 4.57 Å². The van der Waals surface area contributed by atoms with Crippen LogP contribution in [0.2, 0.25) is 0 Å². The first kappa shape index (κ1) is 35.5. The third-order valence-corrected chi connectivity index (χ3v) is 13.6. The molecule has 2 heterocycles. The molecule has 0 saturated carbocycles. The minimum Gasteiger partial charge on any atom is -0.310 e. The van der Waals surface area contributed by atoms with E-state index in [9.17, 15) is 0 Å². The Balaban J connectivity index is 0.982. The summed E-state index contributed by atoms with van der Waals surface area (Å²) in [6.07, 6.45) is 0. The predicted molar refractivity (Wildman–Crippen MR) is 263 cm³/mol. The Morgan fingerprint density at radius 1 is 0.302 bits per heavy atom. The topological polar surface area (TPSA) is 8.17 Å². The average Bonchev–Trinajstić information content (AvgIpc) is 3.86. The average molecular weight is 801 g/mol. The molecule has 1 aliphatic carbocycles. The van der Waals surface area contributed by atoms with Crippen molar-refractivity contribution < 1.29 is 0 Å². The van der Waals surface area contributed by atoms with Gasteiger partial charge in [0.25, 0.3) is 0 Å². The van der Waals surface area contributed by atoms with E-state index in [0.717, 1.165) is 22.6 Å². The lowest BCUT2D eigenvalue weighted by molar-refractivity contribution is 0.748. The van der Waals surface area contributed by atoms with Crippen LogP contribution in [0, 0.1) is 0 Å². The van der Waals surface area contributed by atoms with Gasteiger partial charge in [-0.15, -0.1) is 0 Å². The minimum atomic E-state index is -0.468. The lowest BCUT2D eigenvalue weighted by Crippen LogP contribution is -2.33. The molecule has 2 nitrogen and oxygen atoms in total. The Morgan fingerprint density at radius 3 is 1.52 bits per heavy atom. The van der Waals surface area contributed by atoms with Crippen LogP contribution >= 0.6 is 0 Å². The van der Waals surface area contributed by atoms with Crippen molar-refractivity contribution in [2.75, 3.05) is 4.90 Å². The van der Waals surface area contributed by atoms with E-state index in [1.165, 1.54) is 88.7 Å². The van der Waals surface area contributed by atoms with Gasteiger partial charge in [-0.1, -0.05) is 194 Å². The van der Waals surface area contributed by atoms with Crippen LogP contribution in [0.4, 0.5) is 17.1 Å². The normalized spacial score (nSPS) is 12.9. The van der Waals surface area contributed by atoms with Crippen LogP contribution in [-0.4, -0.2) is 4.57 Å². The Morgan fingerprint density at radius 2 is 0.794 bits per heavy atom. The summed E-state index contributed by atoms with van der Waals surface area (Å²) in [6, 6.07) is 89.4. The molecule has 0 saturated heterocycles. The highest BCUT2D eigenvalue weighted by atomic mass is 15.1. The summed E-state index contributed by atoms with van der Waals surface area (Å²) >= 11 is 0. The van der Waals surface area contributed by atoms with Crippen molar-refractivity contribution in [3.05, 3.63) is 265 Å². The van der Waals surface area contributed by atoms with E-state index < -0.39 is 5.41 Å². The number of benzene rings is 10. The van der Waals surface area contributed by atoms with E-state index in [1.54, 1.807) is 0 Å². The van der Waals surface area contributed by atoms with Gasteiger partial charge >= 0.3 is 0 Å². The third-order valence-electron chi connectivity index (χ3n) is 13.6. The Labute approximate surface area is 367 Å². The first-order valence-corrected chi connectivity index (χ1v) is 21.8. The fourth-order valence-corrected chi connectivity index (χ4v) is 11.0. The highest BCUT2D eigenvalue weighted by Gasteiger charge is 2.50. The minimum absolute atomic E-state index is 0.468. The number of aromatic nitrogens is 1. The summed E-state index contributed by atoms with van der Waals surface area (Å²) in [7, 11) is 0. The van der Waals surface area contributed by atoms with E-state index in [2.05, 4.69) is 252 Å². The number of nitrogens with zero attached hydrogens (tertiary/aromatic N) is 2. The van der Waals surface area contributed by atoms with Crippen molar-refractivity contribution in [2.24, 2.45) is 0 Å². The fourth-order valence-electron chi connectivity index (χ4n) is 11.0. The molecule has 11 aromatic rings. The van der Waals surface area contributed by atoms with Gasteiger partial charge in [-0.05, 0) is 115 Å². The number of fused-ring (bicyclic) bond motifs is 12. The van der Waals surface area contributed by atoms with Crippen LogP contribution in [0.3, 0.4) is 0 Å². The quantitative estimate of drug-likeness (QED) is 0.163. The van der Waals surface area contributed by atoms with Gasteiger partial charge in [-0.3, -0.25) is 0 Å². The van der Waals surface area contributed by atoms with Crippen molar-refractivity contribution in [1.29, 1.82) is 0 Å². The van der Waals surface area contributed by atoms with Gasteiger partial charge in [-0.25, -0.2) is 0 Å². The smallest absolute Gasteiger partial charge is 0.0754 e. The fraction of sp³-hybridized carbons (Fsp3) is 0.0164. The molecule has 0 N–H and O–H groups in total. The van der Waals surface area contributed by atoms with Crippen LogP contribution in [-0.2, 0) is 5.41 Å². The van der Waals surface area contributed by atoms with Gasteiger partial charge < -0.3 is 9.47 Å². The molecule has 0 amide bonds. The van der Waals surface area contributed by atoms with Crippen molar-refractivity contribution in [2.45, 2.75) is 5.41 Å². The first-order chi connectivity index (χ1) is 31.3. The maximum Gasteiger partial charge on any atom is 0.0754 e. The van der Waals surface area contributed by atoms with E-state index >= 15 is 0 Å². The molecule has 0 atom stereocenters. The van der Waals surface area contributed by atoms with E-state index in [-0.39, 0.29) is 0 Å². The van der Waals surface area contributed by atoms with Crippen LogP contribution in [0.1, 0.15) is 22.3 Å². The molecule has 1 aromatic heterocycles. The van der Waals surface area contributed by atoms with Crippen LogP contribution < -0.4 is 4.90 Å². The molecule has 2 aliphatic rings. The van der Waals surface area contributed by atoms with E-state index in [0.29, 0.717) is 0 Å². The molecule has 13 rings (SSSR count). The maximum absolute atomic E-state index is 2.55. The van der Waals surface area contributed by atoms with E-state index in [4.69, 9.17) is 0 Å². The van der Waals surface area contributed by atoms with Crippen molar-refractivity contribution in [3.8, 4) is 50.2 Å². The standard InChI is InChI=1S/C61H40N2/c1-3-17-41(18-4-1)48-23-7-8-24-49(48)42-33-36-46(37-34-42)62(45-20-5-2-6-21-45)47-22-15-19-43(39-47)44-35-38-56-59(40-44)63-58-32-14-11-27-52(58)53-28-16-31-57(60(53)63)61(56)54-29-12-9-25-50(54)51-26-10-13-30-55(51)61/h1-40H. The number of hydrogen-bond donors (Lipinski definition) is 0. The maximum atomic E-state index is 2.55. The van der Waals surface area contributed by atoms with Gasteiger partial charge in [0.15, 0.2) is 0 Å². The van der Waals surface area contributed by atoms with Crippen molar-refractivity contribution in [3.63, 3.8) is 0 Å². The molecule has 10 aromatic carbocycles. The van der Waals surface area contributed by atoms with Crippen LogP contribution in [0.15, 0.2) is 243 Å². The van der Waals surface area contributed by atoms with Crippen molar-refractivity contribution >= 4 is 38.9 Å². The molecular weight excluding hydrogens is 761 g/mol. The zero-order valence-electron chi connectivity index (χ0n) is 34.5. The summed E-state index contributed by atoms with van der Waals surface area (Å²) in [5.74, 6) is 0. The van der Waals surface area contributed by atoms with Gasteiger partial charge in [0.05, 0.1) is 22.1 Å². The Bertz CT molecular complexity index is 3520. The first-order valence-electron chi connectivity index (χ1n) is 21.8. The van der Waals surface area contributed by atoms with Gasteiger partial charge in [-0.2, -0.15) is 0 Å². The monoisotopic (exact) mass is 800 g/mol. The second kappa shape index (κ2) is 13.9. The Kier molecular flexibility index (Phi) is 7.85. The summed E-state index contributed by atoms with van der Waals surface area (Å²) in [4.78, 5) is 2.37.